The highest BCUT2D eigenvalue weighted by atomic mass is 32.1. The minimum atomic E-state index is -0.301. The first-order valence-electron chi connectivity index (χ1n) is 8.32. The zero-order valence-corrected chi connectivity index (χ0v) is 15.8. The van der Waals surface area contributed by atoms with E-state index >= 15 is 0 Å². The molecule has 0 spiro atoms. The van der Waals surface area contributed by atoms with Crippen LogP contribution in [0, 0.1) is 5.82 Å². The fraction of sp³-hybridized carbons (Fsp3) is 0.200. The molecule has 0 saturated carbocycles. The van der Waals surface area contributed by atoms with Crippen molar-refractivity contribution in [1.82, 2.24) is 4.98 Å². The molecular formula is C20H19FN2O3S. The van der Waals surface area contributed by atoms with Gasteiger partial charge in [-0.2, -0.15) is 0 Å². The van der Waals surface area contributed by atoms with Crippen molar-refractivity contribution in [2.24, 2.45) is 0 Å². The van der Waals surface area contributed by atoms with Gasteiger partial charge in [0.25, 0.3) is 0 Å². The van der Waals surface area contributed by atoms with Gasteiger partial charge in [-0.3, -0.25) is 4.79 Å². The van der Waals surface area contributed by atoms with E-state index in [0.29, 0.717) is 34.2 Å². The van der Waals surface area contributed by atoms with Crippen LogP contribution in [0.2, 0.25) is 0 Å². The first-order chi connectivity index (χ1) is 13.1. The summed E-state index contributed by atoms with van der Waals surface area (Å²) in [6.07, 6.45) is 0.749. The van der Waals surface area contributed by atoms with Crippen LogP contribution in [0.15, 0.2) is 47.8 Å². The van der Waals surface area contributed by atoms with Crippen LogP contribution in [-0.4, -0.2) is 25.1 Å². The van der Waals surface area contributed by atoms with Crippen molar-refractivity contribution in [3.05, 3.63) is 59.4 Å². The number of nitrogens with one attached hydrogen (secondary N) is 1. The molecule has 7 heteroatoms. The summed E-state index contributed by atoms with van der Waals surface area (Å²) in [6, 6.07) is 11.7. The fourth-order valence-electron chi connectivity index (χ4n) is 2.56. The summed E-state index contributed by atoms with van der Waals surface area (Å²) in [5.41, 5.74) is 1.87. The Hall–Kier alpha value is -2.93. The van der Waals surface area contributed by atoms with Crippen molar-refractivity contribution < 1.29 is 18.7 Å². The average molecular weight is 386 g/mol. The van der Waals surface area contributed by atoms with Gasteiger partial charge in [0.15, 0.2) is 11.5 Å². The maximum absolute atomic E-state index is 13.8. The maximum atomic E-state index is 13.8. The number of nitrogens with zero attached hydrogens (tertiary/aromatic N) is 1. The molecule has 0 saturated heterocycles. The van der Waals surface area contributed by atoms with E-state index < -0.39 is 0 Å². The number of rotatable bonds is 7. The van der Waals surface area contributed by atoms with Gasteiger partial charge in [0.2, 0.25) is 5.91 Å². The van der Waals surface area contributed by atoms with Gasteiger partial charge >= 0.3 is 0 Å². The van der Waals surface area contributed by atoms with Crippen LogP contribution in [0.3, 0.4) is 0 Å². The lowest BCUT2D eigenvalue weighted by atomic mass is 10.2. The van der Waals surface area contributed by atoms with E-state index in [1.807, 2.05) is 5.38 Å². The average Bonchev–Trinajstić information content (AvgIpc) is 3.15. The number of ether oxygens (including phenoxy) is 2. The van der Waals surface area contributed by atoms with E-state index in [1.54, 1.807) is 50.6 Å². The number of aryl methyl sites for hydroxylation is 1. The SMILES string of the molecule is COc1ccc(NC(=O)CCc2csc(-c3ccccc3F)n2)cc1OC. The minimum absolute atomic E-state index is 0.136. The zero-order valence-electron chi connectivity index (χ0n) is 15.0. The summed E-state index contributed by atoms with van der Waals surface area (Å²) in [6.45, 7) is 0. The molecule has 0 atom stereocenters. The third-order valence-electron chi connectivity index (χ3n) is 3.93. The monoisotopic (exact) mass is 386 g/mol. The predicted molar refractivity (Wildman–Crippen MR) is 104 cm³/mol. The molecular weight excluding hydrogens is 367 g/mol. The highest BCUT2D eigenvalue weighted by Gasteiger charge is 2.11. The van der Waals surface area contributed by atoms with Gasteiger partial charge in [0.1, 0.15) is 10.8 Å². The molecule has 1 heterocycles. The smallest absolute Gasteiger partial charge is 0.224 e. The van der Waals surface area contributed by atoms with E-state index in [9.17, 15) is 9.18 Å². The van der Waals surface area contributed by atoms with Crippen molar-refractivity contribution in [1.29, 1.82) is 0 Å². The summed E-state index contributed by atoms with van der Waals surface area (Å²) < 4.78 is 24.2. The van der Waals surface area contributed by atoms with Gasteiger partial charge in [0, 0.05) is 29.1 Å². The summed E-state index contributed by atoms with van der Waals surface area (Å²) in [5, 5.41) is 5.29. The van der Waals surface area contributed by atoms with E-state index in [1.165, 1.54) is 17.4 Å². The van der Waals surface area contributed by atoms with Crippen molar-refractivity contribution >= 4 is 22.9 Å². The lowest BCUT2D eigenvalue weighted by Crippen LogP contribution is -2.12. The molecule has 2 aromatic carbocycles. The number of hydrogen-bond donors (Lipinski definition) is 1. The summed E-state index contributed by atoms with van der Waals surface area (Å²) in [5.74, 6) is 0.704. The molecule has 140 valence electrons. The zero-order chi connectivity index (χ0) is 19.2. The van der Waals surface area contributed by atoms with Crippen LogP contribution in [0.1, 0.15) is 12.1 Å². The Morgan fingerprint density at radius 1 is 1.15 bits per heavy atom. The number of carbonyl (C=O) groups excluding carboxylic acids is 1. The Morgan fingerprint density at radius 3 is 2.67 bits per heavy atom. The number of hydrogen-bond acceptors (Lipinski definition) is 5. The third kappa shape index (κ3) is 4.62. The molecule has 0 fully saturated rings. The fourth-order valence-corrected chi connectivity index (χ4v) is 3.44. The van der Waals surface area contributed by atoms with E-state index in [2.05, 4.69) is 10.3 Å². The molecule has 0 aliphatic rings. The molecule has 1 N–H and O–H groups in total. The van der Waals surface area contributed by atoms with Crippen LogP contribution in [0.4, 0.5) is 10.1 Å². The van der Waals surface area contributed by atoms with E-state index in [-0.39, 0.29) is 18.1 Å². The summed E-state index contributed by atoms with van der Waals surface area (Å²) in [7, 11) is 3.10. The molecule has 3 aromatic rings. The molecule has 5 nitrogen and oxygen atoms in total. The number of aromatic nitrogens is 1. The van der Waals surface area contributed by atoms with E-state index in [0.717, 1.165) is 5.69 Å². The van der Waals surface area contributed by atoms with Crippen LogP contribution >= 0.6 is 11.3 Å². The number of thiazole rings is 1. The second-order valence-corrected chi connectivity index (χ2v) is 6.60. The highest BCUT2D eigenvalue weighted by Crippen LogP contribution is 2.30. The minimum Gasteiger partial charge on any atom is -0.493 e. The maximum Gasteiger partial charge on any atom is 0.224 e. The number of amides is 1. The Kier molecular flexibility index (Phi) is 6.03. The van der Waals surface area contributed by atoms with Gasteiger partial charge in [-0.05, 0) is 30.7 Å². The van der Waals surface area contributed by atoms with Crippen LogP contribution in [-0.2, 0) is 11.2 Å². The molecule has 0 aliphatic heterocycles. The molecule has 0 aliphatic carbocycles. The quantitative estimate of drug-likeness (QED) is 0.648. The van der Waals surface area contributed by atoms with Crippen LogP contribution < -0.4 is 14.8 Å². The first-order valence-corrected chi connectivity index (χ1v) is 9.20. The normalized spacial score (nSPS) is 10.5. The Balaban J connectivity index is 1.59. The number of methoxy groups -OCH3 is 2. The van der Waals surface area contributed by atoms with Crippen molar-refractivity contribution in [2.45, 2.75) is 12.8 Å². The van der Waals surface area contributed by atoms with Crippen LogP contribution in [0.5, 0.6) is 11.5 Å². The van der Waals surface area contributed by atoms with Crippen LogP contribution in [0.25, 0.3) is 10.6 Å². The standard InChI is InChI=1S/C20H19FN2O3S/c1-25-17-9-7-13(11-18(17)26-2)22-19(24)10-8-14-12-27-20(23-14)15-5-3-4-6-16(15)21/h3-7,9,11-12H,8,10H2,1-2H3,(H,22,24). The Bertz CT molecular complexity index is 942. The van der Waals surface area contributed by atoms with Gasteiger partial charge in [-0.15, -0.1) is 11.3 Å². The van der Waals surface area contributed by atoms with E-state index in [4.69, 9.17) is 9.47 Å². The molecule has 0 unspecified atom stereocenters. The number of halogens is 1. The summed E-state index contributed by atoms with van der Waals surface area (Å²) >= 11 is 1.37. The number of benzene rings is 2. The number of anilines is 1. The van der Waals surface area contributed by atoms with Gasteiger partial charge < -0.3 is 14.8 Å². The molecule has 3 rings (SSSR count). The predicted octanol–water partition coefficient (Wildman–Crippen LogP) is 4.54. The topological polar surface area (TPSA) is 60.5 Å². The molecule has 0 radical (unpaired) electrons. The second kappa shape index (κ2) is 8.64. The second-order valence-electron chi connectivity index (χ2n) is 5.74. The largest absolute Gasteiger partial charge is 0.493 e. The summed E-state index contributed by atoms with van der Waals surface area (Å²) in [4.78, 5) is 16.6. The first kappa shape index (κ1) is 18.8. The Morgan fingerprint density at radius 2 is 1.93 bits per heavy atom. The van der Waals surface area contributed by atoms with Crippen molar-refractivity contribution in [3.8, 4) is 22.1 Å². The highest BCUT2D eigenvalue weighted by molar-refractivity contribution is 7.13. The lowest BCUT2D eigenvalue weighted by molar-refractivity contribution is -0.116. The number of carbonyl (C=O) groups is 1. The van der Waals surface area contributed by atoms with Crippen molar-refractivity contribution in [2.75, 3.05) is 19.5 Å². The molecule has 27 heavy (non-hydrogen) atoms. The molecule has 1 amide bonds. The van der Waals surface area contributed by atoms with Gasteiger partial charge in [-0.1, -0.05) is 12.1 Å². The van der Waals surface area contributed by atoms with Crippen molar-refractivity contribution in [3.63, 3.8) is 0 Å². The Labute approximate surface area is 160 Å². The van der Waals surface area contributed by atoms with Gasteiger partial charge in [0.05, 0.1) is 19.9 Å². The molecule has 0 bridgehead atoms. The lowest BCUT2D eigenvalue weighted by Gasteiger charge is -2.10. The third-order valence-corrected chi connectivity index (χ3v) is 4.86. The molecule has 1 aromatic heterocycles. The van der Waals surface area contributed by atoms with Gasteiger partial charge in [-0.25, -0.2) is 9.37 Å².